The van der Waals surface area contributed by atoms with Gasteiger partial charge in [-0.05, 0) is 23.0 Å². The Balaban J connectivity index is 2.14. The van der Waals surface area contributed by atoms with Crippen molar-refractivity contribution < 1.29 is 9.90 Å². The fourth-order valence-electron chi connectivity index (χ4n) is 1.12. The van der Waals surface area contributed by atoms with Crippen molar-refractivity contribution in [1.82, 2.24) is 0 Å². The van der Waals surface area contributed by atoms with Crippen LogP contribution in [0.15, 0.2) is 23.0 Å². The van der Waals surface area contributed by atoms with Gasteiger partial charge >= 0.3 is 0 Å². The maximum absolute atomic E-state index is 10.5. The van der Waals surface area contributed by atoms with E-state index in [1.165, 1.54) is 0 Å². The highest BCUT2D eigenvalue weighted by molar-refractivity contribution is 8.22. The van der Waals surface area contributed by atoms with E-state index in [4.69, 9.17) is 0 Å². The minimum Gasteiger partial charge on any atom is -0.393 e. The number of aliphatic hydroxyl groups excluding tert-OH is 1. The molecule has 4 heteroatoms. The molecule has 1 N–H and O–H groups in total. The molecule has 0 bridgehead atoms. The van der Waals surface area contributed by atoms with E-state index in [1.54, 1.807) is 0 Å². The molecule has 0 aromatic carbocycles. The van der Waals surface area contributed by atoms with E-state index in [9.17, 15) is 9.90 Å². The molecular weight excluding hydrogens is 204 g/mol. The Hall–Kier alpha value is -0.190. The third-order valence-electron chi connectivity index (χ3n) is 1.80. The average Bonchev–Trinajstić information content (AvgIpc) is 2.51. The van der Waals surface area contributed by atoms with Gasteiger partial charge in [0.2, 0.25) is 0 Å². The SMILES string of the molecule is O=C(S)CC(O)CC[SH]1C=CC=C1. The molecule has 0 saturated heterocycles. The molecule has 0 fully saturated rings. The number of rotatable bonds is 5. The second-order valence-corrected chi connectivity index (χ2v) is 5.53. The van der Waals surface area contributed by atoms with Gasteiger partial charge in [0, 0.05) is 6.42 Å². The molecule has 13 heavy (non-hydrogen) atoms. The molecular formula is C9H14O2S2. The van der Waals surface area contributed by atoms with E-state index in [2.05, 4.69) is 23.4 Å². The number of carbonyl (C=O) groups excluding carboxylic acids is 1. The van der Waals surface area contributed by atoms with E-state index in [-0.39, 0.29) is 22.4 Å². The van der Waals surface area contributed by atoms with Crippen LogP contribution in [0.5, 0.6) is 0 Å². The molecule has 0 aromatic rings. The first kappa shape index (κ1) is 10.9. The maximum atomic E-state index is 10.5. The molecule has 1 aliphatic heterocycles. The van der Waals surface area contributed by atoms with Crippen LogP contribution in [-0.4, -0.2) is 22.1 Å². The lowest BCUT2D eigenvalue weighted by Crippen LogP contribution is -2.11. The van der Waals surface area contributed by atoms with Gasteiger partial charge in [0.1, 0.15) is 0 Å². The lowest BCUT2D eigenvalue weighted by atomic mass is 10.2. The van der Waals surface area contributed by atoms with E-state index < -0.39 is 6.10 Å². The molecule has 0 spiro atoms. The molecule has 1 heterocycles. The number of hydrogen-bond acceptors (Lipinski definition) is 2. The second-order valence-electron chi connectivity index (χ2n) is 2.96. The fourth-order valence-corrected chi connectivity index (χ4v) is 2.97. The Morgan fingerprint density at radius 2 is 2.08 bits per heavy atom. The monoisotopic (exact) mass is 218 g/mol. The standard InChI is InChI=1S/C9H14O2S2/c10-8(7-9(11)12)3-6-13-4-1-2-5-13/h1-2,4-5,8,10,13H,3,6-7H2,(H,11,12). The third kappa shape index (κ3) is 4.55. The summed E-state index contributed by atoms with van der Waals surface area (Å²) in [4.78, 5) is 10.5. The van der Waals surface area contributed by atoms with Crippen LogP contribution in [0.2, 0.25) is 0 Å². The summed E-state index contributed by atoms with van der Waals surface area (Å²) in [5, 5.41) is 13.4. The third-order valence-corrected chi connectivity index (χ3v) is 3.86. The molecule has 0 radical (unpaired) electrons. The van der Waals surface area contributed by atoms with Gasteiger partial charge in [0.05, 0.1) is 6.10 Å². The Morgan fingerprint density at radius 1 is 1.46 bits per heavy atom. The average molecular weight is 218 g/mol. The van der Waals surface area contributed by atoms with Crippen molar-refractivity contribution in [3.8, 4) is 0 Å². The summed E-state index contributed by atoms with van der Waals surface area (Å²) in [5.74, 6) is 0.963. The highest BCUT2D eigenvalue weighted by Crippen LogP contribution is 2.33. The summed E-state index contributed by atoms with van der Waals surface area (Å²) >= 11 is 3.62. The highest BCUT2D eigenvalue weighted by Gasteiger charge is 2.09. The molecule has 0 amide bonds. The van der Waals surface area contributed by atoms with E-state index in [1.807, 2.05) is 12.2 Å². The Morgan fingerprint density at radius 3 is 2.62 bits per heavy atom. The van der Waals surface area contributed by atoms with Gasteiger partial charge in [0.15, 0.2) is 5.12 Å². The summed E-state index contributed by atoms with van der Waals surface area (Å²) in [5.41, 5.74) is 0. The summed E-state index contributed by atoms with van der Waals surface area (Å²) in [6.45, 7) is 0. The van der Waals surface area contributed by atoms with Crippen molar-refractivity contribution in [3.63, 3.8) is 0 Å². The molecule has 0 aromatic heterocycles. The van der Waals surface area contributed by atoms with Crippen molar-refractivity contribution in [3.05, 3.63) is 23.0 Å². The molecule has 1 atom stereocenters. The molecule has 0 aliphatic carbocycles. The van der Waals surface area contributed by atoms with E-state index in [0.29, 0.717) is 6.42 Å². The zero-order valence-electron chi connectivity index (χ0n) is 7.26. The summed E-state index contributed by atoms with van der Waals surface area (Å²) in [6.07, 6.45) is 4.39. The van der Waals surface area contributed by atoms with Crippen LogP contribution in [0.3, 0.4) is 0 Å². The summed E-state index contributed by atoms with van der Waals surface area (Å²) in [6, 6.07) is 0. The van der Waals surface area contributed by atoms with Crippen molar-refractivity contribution in [2.75, 3.05) is 5.75 Å². The number of thiol groups is 2. The second kappa shape index (κ2) is 5.52. The summed E-state index contributed by atoms with van der Waals surface area (Å²) < 4.78 is 0. The highest BCUT2D eigenvalue weighted by atomic mass is 32.2. The van der Waals surface area contributed by atoms with Gasteiger partial charge in [-0.2, -0.15) is 0 Å². The number of hydrogen-bond donors (Lipinski definition) is 3. The quantitative estimate of drug-likeness (QED) is 0.614. The van der Waals surface area contributed by atoms with Crippen LogP contribution >= 0.6 is 23.5 Å². The van der Waals surface area contributed by atoms with E-state index >= 15 is 0 Å². The Labute approximate surface area is 86.5 Å². The Bertz CT molecular complexity index is 224. The van der Waals surface area contributed by atoms with Gasteiger partial charge in [-0.15, -0.1) is 12.6 Å². The zero-order valence-corrected chi connectivity index (χ0v) is 9.05. The molecule has 1 unspecified atom stereocenters. The molecule has 1 aliphatic rings. The van der Waals surface area contributed by atoms with Crippen LogP contribution in [0.1, 0.15) is 12.8 Å². The molecule has 2 nitrogen and oxygen atoms in total. The molecule has 0 saturated carbocycles. The molecule has 74 valence electrons. The van der Waals surface area contributed by atoms with Gasteiger partial charge in [-0.25, -0.2) is 10.9 Å². The number of allylic oxidation sites excluding steroid dienone is 2. The van der Waals surface area contributed by atoms with Gasteiger partial charge in [-0.1, -0.05) is 12.2 Å². The normalized spacial score (nSPS) is 19.4. The first-order valence-electron chi connectivity index (χ1n) is 4.19. The van der Waals surface area contributed by atoms with Crippen LogP contribution < -0.4 is 0 Å². The lowest BCUT2D eigenvalue weighted by Gasteiger charge is -2.12. The topological polar surface area (TPSA) is 37.3 Å². The van der Waals surface area contributed by atoms with Crippen LogP contribution in [0, 0.1) is 0 Å². The van der Waals surface area contributed by atoms with Crippen molar-refractivity contribution >= 4 is 28.6 Å². The van der Waals surface area contributed by atoms with Gasteiger partial charge in [-0.3, -0.25) is 4.79 Å². The fraction of sp³-hybridized carbons (Fsp3) is 0.444. The molecule has 1 rings (SSSR count). The van der Waals surface area contributed by atoms with Crippen molar-refractivity contribution in [1.29, 1.82) is 0 Å². The number of aliphatic hydroxyl groups is 1. The Kier molecular flexibility index (Phi) is 4.62. The smallest absolute Gasteiger partial charge is 0.188 e. The van der Waals surface area contributed by atoms with Gasteiger partial charge < -0.3 is 5.11 Å². The first-order valence-corrected chi connectivity index (χ1v) is 6.30. The van der Waals surface area contributed by atoms with Crippen LogP contribution in [0.25, 0.3) is 0 Å². The first-order chi connectivity index (χ1) is 6.18. The summed E-state index contributed by atoms with van der Waals surface area (Å²) in [7, 11) is -0.160. The van der Waals surface area contributed by atoms with Crippen LogP contribution in [-0.2, 0) is 4.79 Å². The number of carbonyl (C=O) groups is 1. The van der Waals surface area contributed by atoms with E-state index in [0.717, 1.165) is 5.75 Å². The predicted molar refractivity (Wildman–Crippen MR) is 61.4 cm³/mol. The van der Waals surface area contributed by atoms with Crippen molar-refractivity contribution in [2.24, 2.45) is 0 Å². The zero-order chi connectivity index (χ0) is 9.68. The van der Waals surface area contributed by atoms with Crippen LogP contribution in [0.4, 0.5) is 0 Å². The van der Waals surface area contributed by atoms with Crippen molar-refractivity contribution in [2.45, 2.75) is 18.9 Å². The largest absolute Gasteiger partial charge is 0.393 e. The minimum absolute atomic E-state index is 0.160. The lowest BCUT2D eigenvalue weighted by molar-refractivity contribution is -0.112. The minimum atomic E-state index is -0.519. The predicted octanol–water partition coefficient (Wildman–Crippen LogP) is 1.63. The maximum Gasteiger partial charge on any atom is 0.188 e. The van der Waals surface area contributed by atoms with Gasteiger partial charge in [0.25, 0.3) is 0 Å².